The monoisotopic (exact) mass is 438 g/mol. The summed E-state index contributed by atoms with van der Waals surface area (Å²) in [6.07, 6.45) is 1.37. The third kappa shape index (κ3) is 7.32. The van der Waals surface area contributed by atoms with Crippen LogP contribution in [0.15, 0.2) is 36.1 Å². The number of carbonyl (C=O) groups is 2. The van der Waals surface area contributed by atoms with Gasteiger partial charge in [0.25, 0.3) is 0 Å². The van der Waals surface area contributed by atoms with Gasteiger partial charge in [-0.15, -0.1) is 0 Å². The quantitative estimate of drug-likeness (QED) is 0.352. The van der Waals surface area contributed by atoms with Crippen LogP contribution >= 0.6 is 0 Å². The number of hydrogen-bond donors (Lipinski definition) is 2. The number of carbonyl (C=O) groups excluding carboxylic acids is 1. The van der Waals surface area contributed by atoms with Crippen molar-refractivity contribution in [2.75, 3.05) is 46.8 Å². The summed E-state index contributed by atoms with van der Waals surface area (Å²) in [5.74, 6) is -2.30. The van der Waals surface area contributed by atoms with Crippen LogP contribution in [0.25, 0.3) is 0 Å². The lowest BCUT2D eigenvalue weighted by Crippen LogP contribution is -2.37. The molecule has 0 aromatic heterocycles. The Morgan fingerprint density at radius 2 is 1.74 bits per heavy atom. The van der Waals surface area contributed by atoms with E-state index < -0.39 is 18.2 Å². The number of methoxy groups -OCH3 is 1. The molecule has 3 atom stereocenters. The number of allylic oxidation sites excluding steroid dienone is 1. The van der Waals surface area contributed by atoms with Crippen LogP contribution in [0.2, 0.25) is 0 Å². The van der Waals surface area contributed by atoms with Gasteiger partial charge in [0.15, 0.2) is 0 Å². The third-order valence-corrected chi connectivity index (χ3v) is 4.85. The SMILES string of the molecule is CCO[C@H]1OC(C(=O)O)=C[C@@H](c2ccc(C(=O)OC)cc2)[C@@H]1CCOCCOCCO. The Hall–Kier alpha value is -2.46. The first kappa shape index (κ1) is 24.8. The average Bonchev–Trinajstić information content (AvgIpc) is 2.78. The summed E-state index contributed by atoms with van der Waals surface area (Å²) in [6.45, 7) is 3.54. The van der Waals surface area contributed by atoms with E-state index in [-0.39, 0.29) is 30.8 Å². The molecule has 1 aromatic carbocycles. The van der Waals surface area contributed by atoms with Crippen LogP contribution in [0, 0.1) is 5.92 Å². The Bertz CT molecular complexity index is 729. The molecular formula is C22H30O9. The van der Waals surface area contributed by atoms with Gasteiger partial charge in [0.05, 0.1) is 39.1 Å². The molecule has 1 aliphatic rings. The van der Waals surface area contributed by atoms with Gasteiger partial charge < -0.3 is 33.9 Å². The maximum Gasteiger partial charge on any atom is 0.370 e. The summed E-state index contributed by atoms with van der Waals surface area (Å²) < 4.78 is 26.8. The molecule has 0 aliphatic carbocycles. The minimum Gasteiger partial charge on any atom is -0.475 e. The highest BCUT2D eigenvalue weighted by molar-refractivity contribution is 5.89. The minimum absolute atomic E-state index is 0.0376. The molecule has 2 rings (SSSR count). The number of aliphatic hydroxyl groups excluding tert-OH is 1. The summed E-state index contributed by atoms with van der Waals surface area (Å²) >= 11 is 0. The zero-order valence-corrected chi connectivity index (χ0v) is 17.8. The topological polar surface area (TPSA) is 121 Å². The van der Waals surface area contributed by atoms with Crippen molar-refractivity contribution >= 4 is 11.9 Å². The van der Waals surface area contributed by atoms with Crippen LogP contribution in [0.5, 0.6) is 0 Å². The van der Waals surface area contributed by atoms with E-state index >= 15 is 0 Å². The smallest absolute Gasteiger partial charge is 0.370 e. The number of benzene rings is 1. The molecule has 1 aromatic rings. The summed E-state index contributed by atoms with van der Waals surface area (Å²) in [6, 6.07) is 6.84. The summed E-state index contributed by atoms with van der Waals surface area (Å²) in [5.41, 5.74) is 1.24. The Morgan fingerprint density at radius 1 is 1.06 bits per heavy atom. The zero-order valence-electron chi connectivity index (χ0n) is 17.8. The van der Waals surface area contributed by atoms with E-state index in [1.165, 1.54) is 7.11 Å². The molecule has 0 fully saturated rings. The van der Waals surface area contributed by atoms with Gasteiger partial charge in [0.1, 0.15) is 0 Å². The van der Waals surface area contributed by atoms with Crippen molar-refractivity contribution in [1.82, 2.24) is 0 Å². The fourth-order valence-electron chi connectivity index (χ4n) is 3.38. The number of hydrogen-bond acceptors (Lipinski definition) is 8. The number of aliphatic hydroxyl groups is 1. The van der Waals surface area contributed by atoms with Gasteiger partial charge in [-0.05, 0) is 37.1 Å². The highest BCUT2D eigenvalue weighted by atomic mass is 16.7. The standard InChI is InChI=1S/C22H30O9/c1-3-30-22-17(8-10-28-12-13-29-11-9-23)18(14-19(31-22)20(24)25)15-4-6-16(7-5-15)21(26)27-2/h4-7,14,17-18,22-23H,3,8-13H2,1-2H3,(H,24,25)/t17-,18-,22-/m0/s1. The van der Waals surface area contributed by atoms with Crippen LogP contribution in [0.3, 0.4) is 0 Å². The van der Waals surface area contributed by atoms with E-state index in [9.17, 15) is 14.7 Å². The van der Waals surface area contributed by atoms with Gasteiger partial charge in [-0.25, -0.2) is 9.59 Å². The summed E-state index contributed by atoms with van der Waals surface area (Å²) in [4.78, 5) is 23.3. The lowest BCUT2D eigenvalue weighted by Gasteiger charge is -2.36. The summed E-state index contributed by atoms with van der Waals surface area (Å²) in [7, 11) is 1.31. The molecule has 0 saturated heterocycles. The van der Waals surface area contributed by atoms with Gasteiger partial charge >= 0.3 is 11.9 Å². The lowest BCUT2D eigenvalue weighted by atomic mass is 9.81. The highest BCUT2D eigenvalue weighted by Gasteiger charge is 2.38. The van der Waals surface area contributed by atoms with Crippen molar-refractivity contribution in [2.24, 2.45) is 5.92 Å². The Labute approximate surface area is 181 Å². The van der Waals surface area contributed by atoms with E-state index in [2.05, 4.69) is 0 Å². The Balaban J connectivity index is 2.17. The number of carboxylic acid groups (broad SMARTS) is 1. The van der Waals surface area contributed by atoms with Crippen LogP contribution < -0.4 is 0 Å². The second-order valence-corrected chi connectivity index (χ2v) is 6.82. The molecule has 0 amide bonds. The van der Waals surface area contributed by atoms with E-state index in [1.807, 2.05) is 6.92 Å². The second-order valence-electron chi connectivity index (χ2n) is 6.82. The number of aliphatic carboxylic acids is 1. The molecule has 31 heavy (non-hydrogen) atoms. The number of carboxylic acids is 1. The molecule has 1 heterocycles. The number of rotatable bonds is 13. The fraction of sp³-hybridized carbons (Fsp3) is 0.545. The van der Waals surface area contributed by atoms with Crippen molar-refractivity contribution in [2.45, 2.75) is 25.6 Å². The van der Waals surface area contributed by atoms with Crippen LogP contribution in [0.1, 0.15) is 35.2 Å². The average molecular weight is 438 g/mol. The Morgan fingerprint density at radius 3 is 2.32 bits per heavy atom. The lowest BCUT2D eigenvalue weighted by molar-refractivity contribution is -0.174. The van der Waals surface area contributed by atoms with Crippen molar-refractivity contribution in [3.8, 4) is 0 Å². The molecule has 0 bridgehead atoms. The van der Waals surface area contributed by atoms with Gasteiger partial charge in [-0.1, -0.05) is 12.1 Å². The molecule has 172 valence electrons. The fourth-order valence-corrected chi connectivity index (χ4v) is 3.38. The van der Waals surface area contributed by atoms with Crippen molar-refractivity contribution in [3.05, 3.63) is 47.2 Å². The molecule has 1 aliphatic heterocycles. The van der Waals surface area contributed by atoms with Gasteiger partial charge in [-0.3, -0.25) is 0 Å². The normalized spacial score (nSPS) is 20.6. The first-order chi connectivity index (χ1) is 15.0. The highest BCUT2D eigenvalue weighted by Crippen LogP contribution is 2.38. The molecule has 0 radical (unpaired) electrons. The summed E-state index contributed by atoms with van der Waals surface area (Å²) in [5, 5.41) is 18.2. The van der Waals surface area contributed by atoms with E-state index in [1.54, 1.807) is 30.3 Å². The van der Waals surface area contributed by atoms with Crippen molar-refractivity contribution in [1.29, 1.82) is 0 Å². The van der Waals surface area contributed by atoms with Gasteiger partial charge in [0.2, 0.25) is 12.0 Å². The Kier molecular flexibility index (Phi) is 10.5. The van der Waals surface area contributed by atoms with E-state index in [0.717, 1.165) is 5.56 Å². The number of esters is 1. The molecule has 9 nitrogen and oxygen atoms in total. The van der Waals surface area contributed by atoms with Crippen molar-refractivity contribution < 1.29 is 43.5 Å². The molecule has 9 heteroatoms. The molecule has 2 N–H and O–H groups in total. The van der Waals surface area contributed by atoms with E-state index in [0.29, 0.717) is 38.4 Å². The predicted octanol–water partition coefficient (Wildman–Crippen LogP) is 1.95. The van der Waals surface area contributed by atoms with Crippen LogP contribution in [0.4, 0.5) is 0 Å². The molecule has 0 spiro atoms. The zero-order chi connectivity index (χ0) is 22.6. The second kappa shape index (κ2) is 13.1. The molecule has 0 unspecified atom stereocenters. The predicted molar refractivity (Wildman–Crippen MR) is 110 cm³/mol. The van der Waals surface area contributed by atoms with Crippen molar-refractivity contribution in [3.63, 3.8) is 0 Å². The maximum absolute atomic E-state index is 11.7. The molecular weight excluding hydrogens is 408 g/mol. The van der Waals surface area contributed by atoms with E-state index in [4.69, 9.17) is 28.8 Å². The molecule has 0 saturated carbocycles. The maximum atomic E-state index is 11.7. The number of ether oxygens (including phenoxy) is 5. The van der Waals surface area contributed by atoms with Crippen LogP contribution in [-0.4, -0.2) is 75.2 Å². The first-order valence-corrected chi connectivity index (χ1v) is 10.2. The van der Waals surface area contributed by atoms with Crippen LogP contribution in [-0.2, 0) is 28.5 Å². The largest absolute Gasteiger partial charge is 0.475 e. The first-order valence-electron chi connectivity index (χ1n) is 10.2. The van der Waals surface area contributed by atoms with Gasteiger partial charge in [-0.2, -0.15) is 0 Å². The van der Waals surface area contributed by atoms with Gasteiger partial charge in [0, 0.05) is 25.0 Å². The third-order valence-electron chi connectivity index (χ3n) is 4.85. The minimum atomic E-state index is -1.17.